The van der Waals surface area contributed by atoms with E-state index >= 15 is 0 Å². The molecule has 76 valence electrons. The highest BCUT2D eigenvalue weighted by Gasteiger charge is 2.12. The molecule has 0 saturated carbocycles. The summed E-state index contributed by atoms with van der Waals surface area (Å²) < 4.78 is 2.10. The quantitative estimate of drug-likeness (QED) is 0.650. The molecule has 0 aliphatic carbocycles. The van der Waals surface area contributed by atoms with Crippen LogP contribution in [-0.2, 0) is 20.5 Å². The van der Waals surface area contributed by atoms with E-state index < -0.39 is 17.0 Å². The van der Waals surface area contributed by atoms with Gasteiger partial charge in [-0.2, -0.15) is 0 Å². The maximum atomic E-state index is 11.4. The molecule has 14 heavy (non-hydrogen) atoms. The summed E-state index contributed by atoms with van der Waals surface area (Å²) in [6.45, 7) is 3.48. The van der Waals surface area contributed by atoms with Crippen molar-refractivity contribution in [2.75, 3.05) is 0 Å². The van der Waals surface area contributed by atoms with Crippen molar-refractivity contribution < 1.29 is 5.11 Å². The Bertz CT molecular complexity index is 445. The predicted molar refractivity (Wildman–Crippen MR) is 52.5 cm³/mol. The van der Waals surface area contributed by atoms with Crippen molar-refractivity contribution in [1.29, 1.82) is 0 Å². The van der Waals surface area contributed by atoms with Gasteiger partial charge in [-0.25, -0.2) is 4.79 Å². The molecule has 0 radical (unpaired) electrons. The molecule has 0 aromatic carbocycles. The fraction of sp³-hybridized carbons (Fsp3) is 0.333. The number of aromatic nitrogens is 2. The van der Waals surface area contributed by atoms with E-state index in [0.29, 0.717) is 0 Å². The third-order valence-electron chi connectivity index (χ3n) is 2.10. The number of hydrogen-bond acceptors (Lipinski definition) is 3. The molecule has 0 atom stereocenters. The third kappa shape index (κ3) is 1.37. The Balaban J connectivity index is 3.68. The minimum absolute atomic E-state index is 0.285. The van der Waals surface area contributed by atoms with Gasteiger partial charge < -0.3 is 5.11 Å². The molecule has 0 spiro atoms. The molecule has 5 nitrogen and oxygen atoms in total. The van der Waals surface area contributed by atoms with Crippen LogP contribution in [0.1, 0.15) is 5.69 Å². The van der Waals surface area contributed by atoms with Gasteiger partial charge in [0.1, 0.15) is 0 Å². The first-order valence-corrected chi connectivity index (χ1v) is 4.09. The summed E-state index contributed by atoms with van der Waals surface area (Å²) in [5.74, 6) is -0.394. The molecular weight excluding hydrogens is 184 g/mol. The van der Waals surface area contributed by atoms with E-state index in [-0.39, 0.29) is 12.1 Å². The summed E-state index contributed by atoms with van der Waals surface area (Å²) in [5, 5.41) is 9.47. The summed E-state index contributed by atoms with van der Waals surface area (Å²) in [4.78, 5) is 22.7. The maximum Gasteiger partial charge on any atom is 0.330 e. The van der Waals surface area contributed by atoms with Gasteiger partial charge in [-0.3, -0.25) is 13.9 Å². The monoisotopic (exact) mass is 196 g/mol. The molecule has 1 rings (SSSR count). The van der Waals surface area contributed by atoms with Gasteiger partial charge in [0.25, 0.3) is 5.56 Å². The van der Waals surface area contributed by atoms with Gasteiger partial charge in [-0.15, -0.1) is 6.58 Å². The van der Waals surface area contributed by atoms with Crippen molar-refractivity contribution >= 4 is 0 Å². The van der Waals surface area contributed by atoms with Gasteiger partial charge in [-0.05, 0) is 0 Å². The fourth-order valence-electron chi connectivity index (χ4n) is 1.24. The molecule has 0 aliphatic rings. The van der Waals surface area contributed by atoms with Crippen LogP contribution in [0.15, 0.2) is 22.2 Å². The van der Waals surface area contributed by atoms with Crippen LogP contribution in [0.3, 0.4) is 0 Å². The molecule has 0 unspecified atom stereocenters. The molecule has 1 aromatic heterocycles. The van der Waals surface area contributed by atoms with Gasteiger partial charge in [0.2, 0.25) is 5.75 Å². The zero-order valence-electron chi connectivity index (χ0n) is 8.15. The van der Waals surface area contributed by atoms with Crippen LogP contribution in [0.5, 0.6) is 5.75 Å². The molecular formula is C9H12N2O3. The molecule has 0 amide bonds. The highest BCUT2D eigenvalue weighted by molar-refractivity contribution is 5.25. The molecule has 0 bridgehead atoms. The highest BCUT2D eigenvalue weighted by Crippen LogP contribution is 2.08. The number of rotatable bonds is 2. The van der Waals surface area contributed by atoms with Crippen LogP contribution >= 0.6 is 0 Å². The lowest BCUT2D eigenvalue weighted by Crippen LogP contribution is -2.38. The number of hydrogen-bond donors (Lipinski definition) is 1. The Morgan fingerprint density at radius 3 is 2.43 bits per heavy atom. The SMILES string of the molecule is C=CCc1c(O)c(=O)n(C)c(=O)n1C. The molecule has 0 aliphatic heterocycles. The van der Waals surface area contributed by atoms with Crippen LogP contribution in [0.4, 0.5) is 0 Å². The van der Waals surface area contributed by atoms with Crippen LogP contribution in [0.2, 0.25) is 0 Å². The third-order valence-corrected chi connectivity index (χ3v) is 2.10. The standard InChI is InChI=1S/C9H12N2O3/c1-4-5-6-7(12)8(13)11(3)9(14)10(6)2/h4,12H,1,5H2,2-3H3. The minimum atomic E-state index is -0.676. The average Bonchev–Trinajstić information content (AvgIpc) is 2.19. The molecule has 1 heterocycles. The van der Waals surface area contributed by atoms with Crippen molar-refractivity contribution in [2.24, 2.45) is 14.1 Å². The van der Waals surface area contributed by atoms with E-state index in [9.17, 15) is 14.7 Å². The number of nitrogens with zero attached hydrogens (tertiary/aromatic N) is 2. The number of aromatic hydroxyl groups is 1. The van der Waals surface area contributed by atoms with Crippen molar-refractivity contribution in [3.05, 3.63) is 39.2 Å². The van der Waals surface area contributed by atoms with Crippen molar-refractivity contribution in [2.45, 2.75) is 6.42 Å². The second-order valence-electron chi connectivity index (χ2n) is 2.99. The Kier molecular flexibility index (Phi) is 2.60. The lowest BCUT2D eigenvalue weighted by molar-refractivity contribution is 0.436. The molecule has 0 fully saturated rings. The van der Waals surface area contributed by atoms with Crippen LogP contribution in [-0.4, -0.2) is 14.2 Å². The van der Waals surface area contributed by atoms with E-state index in [0.717, 1.165) is 4.57 Å². The van der Waals surface area contributed by atoms with Crippen LogP contribution in [0, 0.1) is 0 Å². The Hall–Kier alpha value is -1.78. The summed E-state index contributed by atoms with van der Waals surface area (Å²) in [6, 6.07) is 0. The first kappa shape index (κ1) is 10.3. The molecule has 1 aromatic rings. The summed E-state index contributed by atoms with van der Waals surface area (Å²) in [5.41, 5.74) is -0.845. The van der Waals surface area contributed by atoms with E-state index in [1.165, 1.54) is 24.7 Å². The molecule has 1 N–H and O–H groups in total. The summed E-state index contributed by atoms with van der Waals surface area (Å²) in [6.07, 6.45) is 1.81. The lowest BCUT2D eigenvalue weighted by Gasteiger charge is -2.09. The smallest absolute Gasteiger partial charge is 0.330 e. The van der Waals surface area contributed by atoms with E-state index in [1.54, 1.807) is 0 Å². The van der Waals surface area contributed by atoms with Gasteiger partial charge in [0.15, 0.2) is 0 Å². The zero-order chi connectivity index (χ0) is 10.9. The largest absolute Gasteiger partial charge is 0.502 e. The summed E-state index contributed by atoms with van der Waals surface area (Å²) >= 11 is 0. The topological polar surface area (TPSA) is 64.2 Å². The van der Waals surface area contributed by atoms with Crippen molar-refractivity contribution in [3.63, 3.8) is 0 Å². The normalized spacial score (nSPS) is 10.1. The second kappa shape index (κ2) is 3.53. The van der Waals surface area contributed by atoms with Gasteiger partial charge in [-0.1, -0.05) is 6.08 Å². The first-order valence-electron chi connectivity index (χ1n) is 4.09. The highest BCUT2D eigenvalue weighted by atomic mass is 16.3. The van der Waals surface area contributed by atoms with Gasteiger partial charge in [0.05, 0.1) is 5.69 Å². The van der Waals surface area contributed by atoms with Crippen molar-refractivity contribution in [1.82, 2.24) is 9.13 Å². The average molecular weight is 196 g/mol. The van der Waals surface area contributed by atoms with E-state index in [2.05, 4.69) is 6.58 Å². The zero-order valence-corrected chi connectivity index (χ0v) is 8.15. The van der Waals surface area contributed by atoms with E-state index in [1.807, 2.05) is 0 Å². The van der Waals surface area contributed by atoms with Crippen molar-refractivity contribution in [3.8, 4) is 5.75 Å². The van der Waals surface area contributed by atoms with Crippen LogP contribution < -0.4 is 11.2 Å². The number of allylic oxidation sites excluding steroid dienone is 1. The van der Waals surface area contributed by atoms with Crippen LogP contribution in [0.25, 0.3) is 0 Å². The van der Waals surface area contributed by atoms with Gasteiger partial charge >= 0.3 is 5.69 Å². The van der Waals surface area contributed by atoms with Gasteiger partial charge in [0, 0.05) is 20.5 Å². The predicted octanol–water partition coefficient (Wildman–Crippen LogP) is -0.482. The van der Waals surface area contributed by atoms with E-state index in [4.69, 9.17) is 0 Å². The fourth-order valence-corrected chi connectivity index (χ4v) is 1.24. The minimum Gasteiger partial charge on any atom is -0.502 e. The Labute approximate surface area is 80.5 Å². The summed E-state index contributed by atoms with van der Waals surface area (Å²) in [7, 11) is 2.82. The Morgan fingerprint density at radius 1 is 1.36 bits per heavy atom. The first-order chi connectivity index (χ1) is 6.50. The molecule has 0 saturated heterocycles. The Morgan fingerprint density at radius 2 is 1.93 bits per heavy atom. The molecule has 5 heteroatoms. The maximum absolute atomic E-state index is 11.4. The second-order valence-corrected chi connectivity index (χ2v) is 2.99. The lowest BCUT2D eigenvalue weighted by atomic mass is 10.2.